The van der Waals surface area contributed by atoms with Crippen molar-refractivity contribution in [1.82, 2.24) is 9.80 Å². The fraction of sp³-hybridized carbons (Fsp3) is 0.348. The number of rotatable bonds is 4. The van der Waals surface area contributed by atoms with Gasteiger partial charge in [-0.3, -0.25) is 4.90 Å². The molecule has 0 saturated carbocycles. The van der Waals surface area contributed by atoms with Gasteiger partial charge >= 0.3 is 0 Å². The van der Waals surface area contributed by atoms with E-state index in [-0.39, 0.29) is 6.10 Å². The second kappa shape index (κ2) is 8.24. The Labute approximate surface area is 167 Å². The molecule has 0 bridgehead atoms. The van der Waals surface area contributed by atoms with E-state index in [1.807, 2.05) is 18.2 Å². The van der Waals surface area contributed by atoms with Gasteiger partial charge in [-0.15, -0.1) is 0 Å². The Morgan fingerprint density at radius 3 is 2.63 bits per heavy atom. The molecule has 3 nitrogen and oxygen atoms in total. The molecule has 2 aliphatic heterocycles. The Hall–Kier alpha value is -2.17. The number of hydrogen-bond donors (Lipinski definition) is 0. The standard InChI is InChI=1S/C23H26N2OS/c1-24-17-20(26-22-10-6-5-9-21(22)23(24)27)13-16-25-14-11-19(12-15-25)18-7-3-2-4-8-18/h2-11,20H,12-17H2,1H3. The molecule has 0 amide bonds. The molecule has 0 radical (unpaired) electrons. The molecule has 0 fully saturated rings. The van der Waals surface area contributed by atoms with Crippen LogP contribution in [0.4, 0.5) is 0 Å². The maximum absolute atomic E-state index is 6.31. The molecule has 2 heterocycles. The Bertz CT molecular complexity index is 833. The highest BCUT2D eigenvalue weighted by Gasteiger charge is 2.24. The number of fused-ring (bicyclic) bond motifs is 1. The first kappa shape index (κ1) is 18.2. The minimum absolute atomic E-state index is 0.163. The van der Waals surface area contributed by atoms with Gasteiger partial charge in [-0.1, -0.05) is 60.8 Å². The van der Waals surface area contributed by atoms with Gasteiger partial charge in [0.2, 0.25) is 0 Å². The minimum atomic E-state index is 0.163. The third kappa shape index (κ3) is 4.23. The third-order valence-electron chi connectivity index (χ3n) is 5.44. The first-order valence-electron chi connectivity index (χ1n) is 9.68. The quantitative estimate of drug-likeness (QED) is 0.740. The van der Waals surface area contributed by atoms with Crippen molar-refractivity contribution in [2.45, 2.75) is 18.9 Å². The first-order chi connectivity index (χ1) is 13.2. The summed E-state index contributed by atoms with van der Waals surface area (Å²) in [5, 5.41) is 0. The fourth-order valence-electron chi connectivity index (χ4n) is 3.86. The number of para-hydroxylation sites is 1. The van der Waals surface area contributed by atoms with E-state index in [9.17, 15) is 0 Å². The van der Waals surface area contributed by atoms with Gasteiger partial charge in [0, 0.05) is 26.7 Å². The maximum atomic E-state index is 6.31. The highest BCUT2D eigenvalue weighted by molar-refractivity contribution is 7.80. The van der Waals surface area contributed by atoms with E-state index in [1.165, 1.54) is 11.1 Å². The third-order valence-corrected chi connectivity index (χ3v) is 5.97. The lowest BCUT2D eigenvalue weighted by atomic mass is 9.99. The van der Waals surface area contributed by atoms with Crippen molar-refractivity contribution < 1.29 is 4.74 Å². The molecule has 1 unspecified atom stereocenters. The molecular formula is C23H26N2OS. The van der Waals surface area contributed by atoms with Crippen LogP contribution >= 0.6 is 12.2 Å². The van der Waals surface area contributed by atoms with Gasteiger partial charge in [-0.25, -0.2) is 0 Å². The summed E-state index contributed by atoms with van der Waals surface area (Å²) >= 11 is 5.62. The first-order valence-corrected chi connectivity index (χ1v) is 10.1. The van der Waals surface area contributed by atoms with Gasteiger partial charge in [-0.2, -0.15) is 0 Å². The highest BCUT2D eigenvalue weighted by Crippen LogP contribution is 2.26. The molecule has 0 N–H and O–H groups in total. The second-order valence-electron chi connectivity index (χ2n) is 7.36. The summed E-state index contributed by atoms with van der Waals surface area (Å²) in [6.07, 6.45) is 4.66. The lowest BCUT2D eigenvalue weighted by Gasteiger charge is -2.29. The van der Waals surface area contributed by atoms with Crippen molar-refractivity contribution in [3.05, 3.63) is 71.8 Å². The van der Waals surface area contributed by atoms with Gasteiger partial charge in [-0.05, 0) is 36.1 Å². The number of benzene rings is 2. The van der Waals surface area contributed by atoms with E-state index in [0.29, 0.717) is 0 Å². The normalized spacial score (nSPS) is 20.5. The predicted molar refractivity (Wildman–Crippen MR) is 115 cm³/mol. The van der Waals surface area contributed by atoms with Gasteiger partial charge < -0.3 is 9.64 Å². The van der Waals surface area contributed by atoms with E-state index in [0.717, 1.165) is 55.3 Å². The van der Waals surface area contributed by atoms with E-state index < -0.39 is 0 Å². The molecule has 4 heteroatoms. The summed E-state index contributed by atoms with van der Waals surface area (Å²) in [5.74, 6) is 0.918. The number of hydrogen-bond acceptors (Lipinski definition) is 3. The van der Waals surface area contributed by atoms with Crippen molar-refractivity contribution in [2.24, 2.45) is 0 Å². The number of ether oxygens (including phenoxy) is 1. The van der Waals surface area contributed by atoms with Crippen LogP contribution in [0, 0.1) is 0 Å². The zero-order valence-corrected chi connectivity index (χ0v) is 16.6. The topological polar surface area (TPSA) is 15.7 Å². The number of thiocarbonyl (C=S) groups is 1. The Morgan fingerprint density at radius 2 is 1.85 bits per heavy atom. The van der Waals surface area contributed by atoms with Crippen molar-refractivity contribution in [3.8, 4) is 5.75 Å². The highest BCUT2D eigenvalue weighted by atomic mass is 32.1. The summed E-state index contributed by atoms with van der Waals surface area (Å²) in [5.41, 5.74) is 3.86. The average molecular weight is 379 g/mol. The Balaban J connectivity index is 1.36. The van der Waals surface area contributed by atoms with Crippen LogP contribution in [-0.4, -0.2) is 54.1 Å². The maximum Gasteiger partial charge on any atom is 0.130 e. The summed E-state index contributed by atoms with van der Waals surface area (Å²) in [4.78, 5) is 5.54. The predicted octanol–water partition coefficient (Wildman–Crippen LogP) is 4.23. The van der Waals surface area contributed by atoms with Gasteiger partial charge in [0.15, 0.2) is 0 Å². The van der Waals surface area contributed by atoms with Crippen molar-refractivity contribution >= 4 is 22.8 Å². The number of nitrogens with zero attached hydrogens (tertiary/aromatic N) is 2. The molecule has 1 atom stereocenters. The molecule has 2 aromatic rings. The Morgan fingerprint density at radius 1 is 1.07 bits per heavy atom. The van der Waals surface area contributed by atoms with Gasteiger partial charge in [0.05, 0.1) is 12.1 Å². The van der Waals surface area contributed by atoms with Crippen molar-refractivity contribution in [1.29, 1.82) is 0 Å². The monoisotopic (exact) mass is 378 g/mol. The van der Waals surface area contributed by atoms with E-state index in [2.05, 4.69) is 59.3 Å². The lowest BCUT2D eigenvalue weighted by Crippen LogP contribution is -2.37. The lowest BCUT2D eigenvalue weighted by molar-refractivity contribution is 0.151. The molecule has 2 aromatic carbocycles. The van der Waals surface area contributed by atoms with Crippen LogP contribution < -0.4 is 4.74 Å². The molecule has 140 valence electrons. The second-order valence-corrected chi connectivity index (χ2v) is 7.74. The molecule has 0 spiro atoms. The van der Waals surface area contributed by atoms with E-state index in [1.54, 1.807) is 0 Å². The summed E-state index contributed by atoms with van der Waals surface area (Å²) in [7, 11) is 2.07. The van der Waals surface area contributed by atoms with Crippen molar-refractivity contribution in [2.75, 3.05) is 33.2 Å². The molecule has 0 aromatic heterocycles. The van der Waals surface area contributed by atoms with Crippen LogP contribution in [-0.2, 0) is 0 Å². The van der Waals surface area contributed by atoms with Crippen LogP contribution in [0.1, 0.15) is 24.0 Å². The zero-order valence-electron chi connectivity index (χ0n) is 15.8. The summed E-state index contributed by atoms with van der Waals surface area (Å²) in [6.45, 7) is 4.01. The molecule has 0 saturated heterocycles. The summed E-state index contributed by atoms with van der Waals surface area (Å²) < 4.78 is 6.31. The van der Waals surface area contributed by atoms with Crippen LogP contribution in [0.25, 0.3) is 5.57 Å². The van der Waals surface area contributed by atoms with Crippen LogP contribution in [0.15, 0.2) is 60.7 Å². The SMILES string of the molecule is CN1CC(CCN2CC=C(c3ccccc3)CC2)Oc2ccccc2C1=S. The van der Waals surface area contributed by atoms with Crippen LogP contribution in [0.5, 0.6) is 5.75 Å². The van der Waals surface area contributed by atoms with Gasteiger partial charge in [0.1, 0.15) is 16.8 Å². The fourth-order valence-corrected chi connectivity index (χ4v) is 4.11. The molecule has 0 aliphatic carbocycles. The van der Waals surface area contributed by atoms with Crippen LogP contribution in [0.2, 0.25) is 0 Å². The van der Waals surface area contributed by atoms with Crippen molar-refractivity contribution in [3.63, 3.8) is 0 Å². The largest absolute Gasteiger partial charge is 0.488 e. The molecule has 27 heavy (non-hydrogen) atoms. The molecular weight excluding hydrogens is 352 g/mol. The molecule has 2 aliphatic rings. The van der Waals surface area contributed by atoms with Crippen LogP contribution in [0.3, 0.4) is 0 Å². The van der Waals surface area contributed by atoms with E-state index in [4.69, 9.17) is 17.0 Å². The van der Waals surface area contributed by atoms with E-state index >= 15 is 0 Å². The molecule has 4 rings (SSSR count). The van der Waals surface area contributed by atoms with Gasteiger partial charge in [0.25, 0.3) is 0 Å². The Kier molecular flexibility index (Phi) is 5.55. The average Bonchev–Trinajstić information content (AvgIpc) is 2.84. The smallest absolute Gasteiger partial charge is 0.130 e. The minimum Gasteiger partial charge on any atom is -0.488 e. The zero-order chi connectivity index (χ0) is 18.6. The summed E-state index contributed by atoms with van der Waals surface area (Å²) in [6, 6.07) is 18.8. The number of likely N-dealkylation sites (N-methyl/N-ethyl adjacent to an activating group) is 1.